The summed E-state index contributed by atoms with van der Waals surface area (Å²) in [7, 11) is 0. The minimum Gasteiger partial charge on any atom is -0.462 e. The van der Waals surface area contributed by atoms with Crippen LogP contribution in [-0.2, 0) is 28.6 Å². The smallest absolute Gasteiger partial charge is 0.306 e. The van der Waals surface area contributed by atoms with Crippen molar-refractivity contribution in [3.63, 3.8) is 0 Å². The lowest BCUT2D eigenvalue weighted by atomic mass is 10.0. The monoisotopic (exact) mass is 931 g/mol. The number of carbonyl (C=O) groups excluding carboxylic acids is 3. The molecule has 0 saturated carbocycles. The van der Waals surface area contributed by atoms with Crippen molar-refractivity contribution >= 4 is 17.9 Å². The number of rotatable bonds is 55. The summed E-state index contributed by atoms with van der Waals surface area (Å²) in [6, 6.07) is 0. The Morgan fingerprint density at radius 1 is 0.288 bits per heavy atom. The van der Waals surface area contributed by atoms with E-state index >= 15 is 0 Å². The highest BCUT2D eigenvalue weighted by atomic mass is 16.6. The molecule has 6 heteroatoms. The SMILES string of the molecule is CCCCCCCCC/C=C\CCCCCCCC(=O)OC(COC(=O)CCCCCCC)COC(=O)CCCCCCCCCCCCCCCCCCCCCCCCCCCCC. The topological polar surface area (TPSA) is 78.9 Å². The van der Waals surface area contributed by atoms with E-state index in [0.717, 1.165) is 70.6 Å². The zero-order valence-electron chi connectivity index (χ0n) is 44.7. The molecule has 0 aliphatic carbocycles. The second-order valence-corrected chi connectivity index (χ2v) is 20.3. The molecule has 0 aliphatic heterocycles. The predicted molar refractivity (Wildman–Crippen MR) is 284 cm³/mol. The maximum Gasteiger partial charge on any atom is 0.306 e. The van der Waals surface area contributed by atoms with E-state index in [1.54, 1.807) is 0 Å². The fraction of sp³-hybridized carbons (Fsp3) is 0.917. The van der Waals surface area contributed by atoms with E-state index in [0.29, 0.717) is 19.3 Å². The average Bonchev–Trinajstić information content (AvgIpc) is 3.31. The molecule has 0 aliphatic rings. The van der Waals surface area contributed by atoms with Gasteiger partial charge in [0, 0.05) is 19.3 Å². The van der Waals surface area contributed by atoms with Crippen LogP contribution in [0.1, 0.15) is 335 Å². The van der Waals surface area contributed by atoms with Crippen LogP contribution in [0.2, 0.25) is 0 Å². The van der Waals surface area contributed by atoms with Gasteiger partial charge in [0.05, 0.1) is 0 Å². The molecular weight excluding hydrogens is 817 g/mol. The first-order valence-electron chi connectivity index (χ1n) is 29.7. The minimum atomic E-state index is -0.767. The maximum absolute atomic E-state index is 12.8. The predicted octanol–water partition coefficient (Wildman–Crippen LogP) is 19.7. The molecule has 0 amide bonds. The Balaban J connectivity index is 3.96. The Labute approximate surface area is 411 Å². The Morgan fingerprint density at radius 2 is 0.500 bits per heavy atom. The number of unbranched alkanes of at least 4 members (excludes halogenated alkanes) is 42. The van der Waals surface area contributed by atoms with Crippen LogP contribution in [0.25, 0.3) is 0 Å². The number of carbonyl (C=O) groups is 3. The highest BCUT2D eigenvalue weighted by molar-refractivity contribution is 5.71. The van der Waals surface area contributed by atoms with Gasteiger partial charge in [-0.1, -0.05) is 283 Å². The fourth-order valence-electron chi connectivity index (χ4n) is 9.03. The van der Waals surface area contributed by atoms with Crippen LogP contribution in [0.3, 0.4) is 0 Å². The van der Waals surface area contributed by atoms with Gasteiger partial charge in [0.15, 0.2) is 6.10 Å². The molecule has 66 heavy (non-hydrogen) atoms. The average molecular weight is 932 g/mol. The van der Waals surface area contributed by atoms with Gasteiger partial charge in [-0.15, -0.1) is 0 Å². The molecule has 0 spiro atoms. The van der Waals surface area contributed by atoms with Crippen molar-refractivity contribution in [2.45, 2.75) is 341 Å². The van der Waals surface area contributed by atoms with Crippen LogP contribution in [0, 0.1) is 0 Å². The van der Waals surface area contributed by atoms with E-state index in [2.05, 4.69) is 32.9 Å². The number of esters is 3. The van der Waals surface area contributed by atoms with E-state index < -0.39 is 6.10 Å². The van der Waals surface area contributed by atoms with E-state index in [-0.39, 0.29) is 31.1 Å². The number of allylic oxidation sites excluding steroid dienone is 2. The van der Waals surface area contributed by atoms with Gasteiger partial charge in [-0.05, 0) is 44.9 Å². The van der Waals surface area contributed by atoms with Crippen molar-refractivity contribution in [3.05, 3.63) is 12.2 Å². The first kappa shape index (κ1) is 64.2. The standard InChI is InChI=1S/C60H114O6/c1-4-7-10-13-15-17-19-21-23-25-26-27-28-29-30-31-32-33-34-35-37-38-40-42-44-47-50-53-59(62)65-56-57(55-64-58(61)52-49-46-12-9-6-3)66-60(63)54-51-48-45-43-41-39-36-24-22-20-18-16-14-11-8-5-2/h24,36,57H,4-23,25-35,37-56H2,1-3H3/b36-24-. The molecule has 1 unspecified atom stereocenters. The third-order valence-electron chi connectivity index (χ3n) is 13.5. The Kier molecular flexibility index (Phi) is 54.2. The number of hydrogen-bond donors (Lipinski definition) is 0. The lowest BCUT2D eigenvalue weighted by Crippen LogP contribution is -2.30. The molecule has 0 bridgehead atoms. The van der Waals surface area contributed by atoms with Crippen molar-refractivity contribution < 1.29 is 28.6 Å². The van der Waals surface area contributed by atoms with Crippen LogP contribution in [-0.4, -0.2) is 37.2 Å². The molecule has 0 aromatic carbocycles. The molecule has 0 rings (SSSR count). The van der Waals surface area contributed by atoms with Crippen LogP contribution >= 0.6 is 0 Å². The normalized spacial score (nSPS) is 12.0. The van der Waals surface area contributed by atoms with E-state index in [1.807, 2.05) is 0 Å². The van der Waals surface area contributed by atoms with Crippen molar-refractivity contribution in [1.29, 1.82) is 0 Å². The molecule has 0 saturated heterocycles. The molecule has 6 nitrogen and oxygen atoms in total. The van der Waals surface area contributed by atoms with Crippen LogP contribution in [0.15, 0.2) is 12.2 Å². The second-order valence-electron chi connectivity index (χ2n) is 20.3. The summed E-state index contributed by atoms with van der Waals surface area (Å²) in [5.74, 6) is -0.872. The van der Waals surface area contributed by atoms with Crippen LogP contribution < -0.4 is 0 Å². The summed E-state index contributed by atoms with van der Waals surface area (Å²) >= 11 is 0. The summed E-state index contributed by atoms with van der Waals surface area (Å²) in [5, 5.41) is 0. The van der Waals surface area contributed by atoms with Gasteiger partial charge in [-0.25, -0.2) is 0 Å². The summed E-state index contributed by atoms with van der Waals surface area (Å²) < 4.78 is 16.7. The molecule has 0 radical (unpaired) electrons. The minimum absolute atomic E-state index is 0.0691. The second kappa shape index (κ2) is 55.7. The summed E-state index contributed by atoms with van der Waals surface area (Å²) in [5.41, 5.74) is 0. The van der Waals surface area contributed by atoms with Gasteiger partial charge in [0.1, 0.15) is 13.2 Å². The maximum atomic E-state index is 12.8. The highest BCUT2D eigenvalue weighted by Crippen LogP contribution is 2.18. The molecule has 0 aromatic rings. The highest BCUT2D eigenvalue weighted by Gasteiger charge is 2.19. The summed E-state index contributed by atoms with van der Waals surface area (Å²) in [6.07, 6.45) is 64.1. The van der Waals surface area contributed by atoms with Crippen LogP contribution in [0.4, 0.5) is 0 Å². The van der Waals surface area contributed by atoms with Gasteiger partial charge in [-0.2, -0.15) is 0 Å². The van der Waals surface area contributed by atoms with Crippen molar-refractivity contribution in [2.75, 3.05) is 13.2 Å². The van der Waals surface area contributed by atoms with Crippen LogP contribution in [0.5, 0.6) is 0 Å². The summed E-state index contributed by atoms with van der Waals surface area (Å²) in [4.78, 5) is 37.8. The Morgan fingerprint density at radius 3 is 0.758 bits per heavy atom. The van der Waals surface area contributed by atoms with Crippen molar-refractivity contribution in [2.24, 2.45) is 0 Å². The molecule has 0 heterocycles. The van der Waals surface area contributed by atoms with Gasteiger partial charge >= 0.3 is 17.9 Å². The fourth-order valence-corrected chi connectivity index (χ4v) is 9.03. The molecule has 0 N–H and O–H groups in total. The zero-order valence-corrected chi connectivity index (χ0v) is 44.7. The third-order valence-corrected chi connectivity index (χ3v) is 13.5. The molecular formula is C60H114O6. The van der Waals surface area contributed by atoms with Gasteiger partial charge in [-0.3, -0.25) is 14.4 Å². The van der Waals surface area contributed by atoms with Crippen molar-refractivity contribution in [3.8, 4) is 0 Å². The molecule has 390 valence electrons. The van der Waals surface area contributed by atoms with E-state index in [1.165, 1.54) is 225 Å². The first-order valence-corrected chi connectivity index (χ1v) is 29.7. The Hall–Kier alpha value is -1.85. The van der Waals surface area contributed by atoms with Crippen molar-refractivity contribution in [1.82, 2.24) is 0 Å². The lowest BCUT2D eigenvalue weighted by Gasteiger charge is -2.18. The molecule has 0 aromatic heterocycles. The quantitative estimate of drug-likeness (QED) is 0.0262. The zero-order chi connectivity index (χ0) is 47.9. The van der Waals surface area contributed by atoms with Gasteiger partial charge in [0.25, 0.3) is 0 Å². The lowest BCUT2D eigenvalue weighted by molar-refractivity contribution is -0.167. The third kappa shape index (κ3) is 53.1. The van der Waals surface area contributed by atoms with Gasteiger partial charge in [0.2, 0.25) is 0 Å². The van der Waals surface area contributed by atoms with E-state index in [4.69, 9.17) is 14.2 Å². The van der Waals surface area contributed by atoms with E-state index in [9.17, 15) is 14.4 Å². The number of hydrogen-bond acceptors (Lipinski definition) is 6. The molecule has 1 atom stereocenters. The summed E-state index contributed by atoms with van der Waals surface area (Å²) in [6.45, 7) is 6.60. The van der Waals surface area contributed by atoms with Gasteiger partial charge < -0.3 is 14.2 Å². The number of ether oxygens (including phenoxy) is 3. The molecule has 0 fully saturated rings. The Bertz CT molecular complexity index is 1020. The largest absolute Gasteiger partial charge is 0.462 e. The first-order chi connectivity index (χ1) is 32.5.